The highest BCUT2D eigenvalue weighted by Gasteiger charge is 2.14. The summed E-state index contributed by atoms with van der Waals surface area (Å²) in [6.07, 6.45) is 0. The van der Waals surface area contributed by atoms with Crippen LogP contribution in [-0.4, -0.2) is 17.0 Å². The van der Waals surface area contributed by atoms with Gasteiger partial charge in [0.15, 0.2) is 5.57 Å². The van der Waals surface area contributed by atoms with E-state index in [1.54, 1.807) is 18.4 Å². The Morgan fingerprint density at radius 2 is 2.33 bits per heavy atom. The Balaban J connectivity index is 3.22. The molecule has 0 fully saturated rings. The molecule has 0 bridgehead atoms. The van der Waals surface area contributed by atoms with Gasteiger partial charge in [0, 0.05) is 0 Å². The number of carboxylic acids is 1. The lowest BCUT2D eigenvalue weighted by Crippen LogP contribution is -1.99. The van der Waals surface area contributed by atoms with Gasteiger partial charge in [-0.3, -0.25) is 0 Å². The lowest BCUT2D eigenvalue weighted by Gasteiger charge is -1.93. The molecular weight excluding hydrogens is 176 g/mol. The number of hydrogen-bond donors (Lipinski definition) is 1. The van der Waals surface area contributed by atoms with E-state index in [9.17, 15) is 9.59 Å². The maximum Gasteiger partial charge on any atom is 0.348 e. The number of aliphatic carboxylic acids is 1. The molecule has 1 rings (SSSR count). The first kappa shape index (κ1) is 8.71. The first-order valence-electron chi connectivity index (χ1n) is 3.19. The van der Waals surface area contributed by atoms with E-state index >= 15 is 0 Å². The Morgan fingerprint density at radius 1 is 1.67 bits per heavy atom. The zero-order valence-corrected chi connectivity index (χ0v) is 7.14. The van der Waals surface area contributed by atoms with Gasteiger partial charge >= 0.3 is 5.97 Å². The molecule has 0 saturated heterocycles. The molecule has 0 aliphatic heterocycles. The molecular formula is C8H6O3S. The average Bonchev–Trinajstić information content (AvgIpc) is 2.38. The van der Waals surface area contributed by atoms with Gasteiger partial charge < -0.3 is 5.11 Å². The van der Waals surface area contributed by atoms with Gasteiger partial charge in [-0.1, -0.05) is 0 Å². The van der Waals surface area contributed by atoms with Crippen LogP contribution in [0, 0.1) is 6.92 Å². The second-order valence-corrected chi connectivity index (χ2v) is 3.13. The van der Waals surface area contributed by atoms with Gasteiger partial charge in [-0.25, -0.2) is 9.59 Å². The molecule has 0 saturated carbocycles. The molecule has 3 nitrogen and oxygen atoms in total. The van der Waals surface area contributed by atoms with Gasteiger partial charge in [-0.15, -0.1) is 11.3 Å². The fraction of sp³-hybridized carbons (Fsp3) is 0.125. The highest BCUT2D eigenvalue weighted by Crippen LogP contribution is 2.22. The van der Waals surface area contributed by atoms with Crippen LogP contribution in [0.25, 0.3) is 5.57 Å². The van der Waals surface area contributed by atoms with E-state index < -0.39 is 5.97 Å². The number of carbonyl (C=O) groups excluding carboxylic acids is 1. The van der Waals surface area contributed by atoms with Crippen LogP contribution in [0.3, 0.4) is 0 Å². The molecule has 4 heteroatoms. The smallest absolute Gasteiger partial charge is 0.348 e. The van der Waals surface area contributed by atoms with Crippen LogP contribution in [0.4, 0.5) is 0 Å². The molecule has 0 unspecified atom stereocenters. The minimum Gasteiger partial charge on any atom is -0.477 e. The highest BCUT2D eigenvalue weighted by molar-refractivity contribution is 7.11. The van der Waals surface area contributed by atoms with Crippen molar-refractivity contribution in [3.8, 4) is 0 Å². The molecule has 0 atom stereocenters. The number of carbonyl (C=O) groups is 1. The van der Waals surface area contributed by atoms with Crippen molar-refractivity contribution in [3.63, 3.8) is 0 Å². The molecule has 1 N–H and O–H groups in total. The summed E-state index contributed by atoms with van der Waals surface area (Å²) in [5, 5.41) is 10.3. The topological polar surface area (TPSA) is 54.4 Å². The molecule has 0 amide bonds. The summed E-state index contributed by atoms with van der Waals surface area (Å²) in [4.78, 5) is 21.2. The summed E-state index contributed by atoms with van der Waals surface area (Å²) in [5.74, 6) is 0.196. The maximum absolute atomic E-state index is 10.5. The summed E-state index contributed by atoms with van der Waals surface area (Å²) in [6.45, 7) is 1.76. The standard InChI is InChI=1S/C8H6O3S/c1-5-2-3-12-7(5)6(4-9)8(10)11/h2-3H,1H3,(H,10,11). The SMILES string of the molecule is Cc1ccsc1C(=C=O)C(=O)O. The monoisotopic (exact) mass is 182 g/mol. The quantitative estimate of drug-likeness (QED) is 0.555. The molecule has 0 aromatic carbocycles. The predicted octanol–water partition coefficient (Wildman–Crippen LogP) is 1.36. The fourth-order valence-corrected chi connectivity index (χ4v) is 1.72. The molecule has 0 aliphatic rings. The van der Waals surface area contributed by atoms with Crippen molar-refractivity contribution in [1.29, 1.82) is 0 Å². The fourth-order valence-electron chi connectivity index (χ4n) is 0.816. The third-order valence-electron chi connectivity index (χ3n) is 1.41. The second kappa shape index (κ2) is 3.34. The zero-order valence-electron chi connectivity index (χ0n) is 6.33. The Morgan fingerprint density at radius 3 is 2.67 bits per heavy atom. The van der Waals surface area contributed by atoms with Crippen LogP contribution in [0.1, 0.15) is 10.4 Å². The number of rotatable bonds is 2. The first-order chi connectivity index (χ1) is 5.66. The van der Waals surface area contributed by atoms with Crippen molar-refractivity contribution >= 4 is 28.8 Å². The minimum absolute atomic E-state index is 0.289. The number of aryl methyl sites for hydroxylation is 1. The van der Waals surface area contributed by atoms with Gasteiger partial charge in [0.2, 0.25) is 0 Å². The largest absolute Gasteiger partial charge is 0.477 e. The lowest BCUT2D eigenvalue weighted by molar-refractivity contribution is -0.130. The first-order valence-corrected chi connectivity index (χ1v) is 4.07. The number of carboxylic acid groups (broad SMARTS) is 1. The Bertz CT molecular complexity index is 358. The van der Waals surface area contributed by atoms with Crippen LogP contribution < -0.4 is 0 Å². The normalized spacial score (nSPS) is 9.08. The highest BCUT2D eigenvalue weighted by atomic mass is 32.1. The van der Waals surface area contributed by atoms with E-state index in [0.717, 1.165) is 5.56 Å². The average molecular weight is 182 g/mol. The van der Waals surface area contributed by atoms with Gasteiger partial charge in [-0.05, 0) is 23.9 Å². The van der Waals surface area contributed by atoms with E-state index in [1.807, 2.05) is 0 Å². The lowest BCUT2D eigenvalue weighted by atomic mass is 10.2. The van der Waals surface area contributed by atoms with Crippen molar-refractivity contribution in [3.05, 3.63) is 21.9 Å². The summed E-state index contributed by atoms with van der Waals surface area (Å²) < 4.78 is 0. The van der Waals surface area contributed by atoms with Gasteiger partial charge in [-0.2, -0.15) is 0 Å². The van der Waals surface area contributed by atoms with E-state index in [0.29, 0.717) is 4.88 Å². The summed E-state index contributed by atoms with van der Waals surface area (Å²) in [7, 11) is 0. The van der Waals surface area contributed by atoms with E-state index in [4.69, 9.17) is 5.11 Å². The molecule has 1 aromatic rings. The van der Waals surface area contributed by atoms with Crippen molar-refractivity contribution < 1.29 is 14.7 Å². The maximum atomic E-state index is 10.5. The van der Waals surface area contributed by atoms with Crippen molar-refractivity contribution in [2.24, 2.45) is 0 Å². The van der Waals surface area contributed by atoms with Crippen molar-refractivity contribution in [2.75, 3.05) is 0 Å². The summed E-state index contributed by atoms with van der Waals surface area (Å²) in [5.41, 5.74) is 0.503. The second-order valence-electron chi connectivity index (χ2n) is 2.21. The van der Waals surface area contributed by atoms with Crippen LogP contribution in [-0.2, 0) is 9.59 Å². The van der Waals surface area contributed by atoms with Crippen LogP contribution in [0.15, 0.2) is 11.4 Å². The molecule has 0 radical (unpaired) electrons. The predicted molar refractivity (Wildman–Crippen MR) is 45.8 cm³/mol. The molecule has 0 spiro atoms. The van der Waals surface area contributed by atoms with Gasteiger partial charge in [0.25, 0.3) is 0 Å². The summed E-state index contributed by atoms with van der Waals surface area (Å²) >= 11 is 1.23. The van der Waals surface area contributed by atoms with Crippen molar-refractivity contribution in [1.82, 2.24) is 0 Å². The molecule has 0 aliphatic carbocycles. The number of thiophene rings is 1. The van der Waals surface area contributed by atoms with Crippen LogP contribution in [0.5, 0.6) is 0 Å². The van der Waals surface area contributed by atoms with Gasteiger partial charge in [0.1, 0.15) is 5.94 Å². The molecule has 62 valence electrons. The van der Waals surface area contributed by atoms with Crippen molar-refractivity contribution in [2.45, 2.75) is 6.92 Å². The number of hydrogen-bond acceptors (Lipinski definition) is 3. The third kappa shape index (κ3) is 1.44. The third-order valence-corrected chi connectivity index (χ3v) is 2.44. The van der Waals surface area contributed by atoms with E-state index in [2.05, 4.69) is 0 Å². The minimum atomic E-state index is -1.23. The van der Waals surface area contributed by atoms with E-state index in [1.165, 1.54) is 17.3 Å². The molecule has 1 heterocycles. The Labute approximate surface area is 73.0 Å². The van der Waals surface area contributed by atoms with Crippen LogP contribution in [0.2, 0.25) is 0 Å². The molecule has 1 aromatic heterocycles. The molecule has 12 heavy (non-hydrogen) atoms. The zero-order chi connectivity index (χ0) is 9.14. The Hall–Kier alpha value is -1.38. The van der Waals surface area contributed by atoms with E-state index in [-0.39, 0.29) is 5.57 Å². The van der Waals surface area contributed by atoms with Crippen LogP contribution >= 0.6 is 11.3 Å². The van der Waals surface area contributed by atoms with Gasteiger partial charge in [0.05, 0.1) is 4.88 Å². The Kier molecular flexibility index (Phi) is 2.43. The summed E-state index contributed by atoms with van der Waals surface area (Å²) in [6, 6.07) is 1.76.